The van der Waals surface area contributed by atoms with Gasteiger partial charge in [0, 0.05) is 26.4 Å². The Morgan fingerprint density at radius 1 is 1.40 bits per heavy atom. The lowest BCUT2D eigenvalue weighted by molar-refractivity contribution is -0.138. The molecule has 1 aromatic heterocycles. The average Bonchev–Trinajstić information content (AvgIpc) is 3.00. The zero-order valence-electron chi connectivity index (χ0n) is 14.6. The third-order valence-electron chi connectivity index (χ3n) is 4.66. The number of carbonyl (C=O) groups is 1. The molecule has 2 N–H and O–H groups in total. The van der Waals surface area contributed by atoms with E-state index in [2.05, 4.69) is 10.1 Å². The summed E-state index contributed by atoms with van der Waals surface area (Å²) in [6.07, 6.45) is 2.76. The van der Waals surface area contributed by atoms with Crippen LogP contribution in [0.4, 0.5) is 0 Å². The van der Waals surface area contributed by atoms with E-state index in [-0.39, 0.29) is 18.3 Å². The fourth-order valence-electron chi connectivity index (χ4n) is 3.33. The van der Waals surface area contributed by atoms with E-state index in [1.54, 1.807) is 13.8 Å². The number of piperidine rings is 1. The molecule has 0 saturated carbocycles. The van der Waals surface area contributed by atoms with Crippen LogP contribution in [-0.2, 0) is 16.8 Å². The van der Waals surface area contributed by atoms with Gasteiger partial charge in [-0.05, 0) is 31.2 Å². The molecular formula is C18H25ClN4O2. The van der Waals surface area contributed by atoms with Gasteiger partial charge in [0.15, 0.2) is 5.82 Å². The zero-order chi connectivity index (χ0) is 17.2. The quantitative estimate of drug-likeness (QED) is 0.900. The normalized spacial score (nSPS) is 19.8. The highest BCUT2D eigenvalue weighted by molar-refractivity contribution is 5.87. The van der Waals surface area contributed by atoms with Crippen molar-refractivity contribution in [2.75, 3.05) is 13.1 Å². The Balaban J connectivity index is 0.00000225. The predicted molar refractivity (Wildman–Crippen MR) is 97.3 cm³/mol. The molecule has 6 nitrogen and oxygen atoms in total. The van der Waals surface area contributed by atoms with E-state index in [1.165, 1.54) is 0 Å². The average molecular weight is 365 g/mol. The van der Waals surface area contributed by atoms with Crippen LogP contribution in [0.25, 0.3) is 0 Å². The summed E-state index contributed by atoms with van der Waals surface area (Å²) in [6, 6.07) is 9.55. The number of nitrogens with two attached hydrogens (primary N) is 1. The number of hydrogen-bond donors (Lipinski definition) is 1. The Labute approximate surface area is 154 Å². The number of nitrogens with zero attached hydrogens (tertiary/aromatic N) is 3. The molecule has 2 unspecified atom stereocenters. The molecule has 0 radical (unpaired) electrons. The number of hydrogen-bond acceptors (Lipinski definition) is 5. The van der Waals surface area contributed by atoms with Gasteiger partial charge in [0.1, 0.15) is 5.54 Å². The Kier molecular flexibility index (Phi) is 6.19. The molecule has 25 heavy (non-hydrogen) atoms. The minimum Gasteiger partial charge on any atom is -0.341 e. The Morgan fingerprint density at radius 2 is 2.12 bits per heavy atom. The zero-order valence-corrected chi connectivity index (χ0v) is 15.5. The van der Waals surface area contributed by atoms with Gasteiger partial charge in [0.05, 0.1) is 0 Å². The van der Waals surface area contributed by atoms with Gasteiger partial charge in [0.25, 0.3) is 0 Å². The van der Waals surface area contributed by atoms with E-state index in [4.69, 9.17) is 10.3 Å². The summed E-state index contributed by atoms with van der Waals surface area (Å²) in [7, 11) is 0. The molecule has 0 aliphatic carbocycles. The second kappa shape index (κ2) is 7.97. The van der Waals surface area contributed by atoms with Crippen molar-refractivity contribution >= 4 is 18.3 Å². The van der Waals surface area contributed by atoms with Crippen LogP contribution in [0, 0.1) is 12.8 Å². The molecule has 1 aliphatic rings. The number of benzene rings is 1. The minimum absolute atomic E-state index is 0. The third-order valence-corrected chi connectivity index (χ3v) is 4.66. The molecule has 1 fully saturated rings. The molecule has 7 heteroatoms. The van der Waals surface area contributed by atoms with E-state index >= 15 is 0 Å². The number of rotatable bonds is 4. The lowest BCUT2D eigenvalue weighted by atomic mass is 9.88. The van der Waals surface area contributed by atoms with Crippen LogP contribution < -0.4 is 5.73 Å². The van der Waals surface area contributed by atoms with E-state index in [0.29, 0.717) is 24.2 Å². The molecule has 0 bridgehead atoms. The summed E-state index contributed by atoms with van der Waals surface area (Å²) in [4.78, 5) is 19.1. The Morgan fingerprint density at radius 3 is 2.76 bits per heavy atom. The van der Waals surface area contributed by atoms with Crippen molar-refractivity contribution in [1.82, 2.24) is 15.0 Å². The fraction of sp³-hybridized carbons (Fsp3) is 0.500. The first-order valence-corrected chi connectivity index (χ1v) is 8.40. The summed E-state index contributed by atoms with van der Waals surface area (Å²) in [5.41, 5.74) is 6.21. The smallest absolute Gasteiger partial charge is 0.246 e. The molecule has 2 heterocycles. The van der Waals surface area contributed by atoms with Gasteiger partial charge in [-0.1, -0.05) is 35.5 Å². The molecule has 2 atom stereocenters. The van der Waals surface area contributed by atoms with E-state index in [9.17, 15) is 4.79 Å². The van der Waals surface area contributed by atoms with Gasteiger partial charge in [-0.25, -0.2) is 0 Å². The highest BCUT2D eigenvalue weighted by atomic mass is 35.5. The van der Waals surface area contributed by atoms with Crippen molar-refractivity contribution < 1.29 is 9.32 Å². The molecule has 1 saturated heterocycles. The van der Waals surface area contributed by atoms with E-state index < -0.39 is 5.54 Å². The molecule has 1 amide bonds. The highest BCUT2D eigenvalue weighted by Gasteiger charge is 2.36. The van der Waals surface area contributed by atoms with Crippen LogP contribution in [0.15, 0.2) is 34.9 Å². The molecule has 1 aromatic carbocycles. The van der Waals surface area contributed by atoms with Gasteiger partial charge >= 0.3 is 0 Å². The summed E-state index contributed by atoms with van der Waals surface area (Å²) >= 11 is 0. The summed E-state index contributed by atoms with van der Waals surface area (Å²) in [6.45, 7) is 5.01. The maximum absolute atomic E-state index is 13.0. The van der Waals surface area contributed by atoms with Gasteiger partial charge in [0.2, 0.25) is 11.8 Å². The summed E-state index contributed by atoms with van der Waals surface area (Å²) in [5.74, 6) is 1.60. The molecular weight excluding hydrogens is 340 g/mol. The minimum atomic E-state index is -1.01. The van der Waals surface area contributed by atoms with Crippen LogP contribution in [0.5, 0.6) is 0 Å². The largest absolute Gasteiger partial charge is 0.341 e. The van der Waals surface area contributed by atoms with Crippen molar-refractivity contribution in [3.8, 4) is 0 Å². The number of aryl methyl sites for hydroxylation is 1. The number of likely N-dealkylation sites (tertiary alicyclic amines) is 1. The lowest BCUT2D eigenvalue weighted by Gasteiger charge is -2.37. The lowest BCUT2D eigenvalue weighted by Crippen LogP contribution is -2.53. The van der Waals surface area contributed by atoms with Gasteiger partial charge in [-0.2, -0.15) is 4.98 Å². The van der Waals surface area contributed by atoms with Crippen LogP contribution in [0.3, 0.4) is 0 Å². The molecule has 1 aliphatic heterocycles. The Hall–Kier alpha value is -1.92. The second-order valence-corrected chi connectivity index (χ2v) is 6.76. The standard InChI is InChI=1S/C18H24N4O2.ClH/c1-13-20-16(21-24-13)11-14-7-6-10-22(12-14)17(23)18(2,19)15-8-4-3-5-9-15;/h3-5,8-9,14H,6-7,10-12,19H2,1-2H3;1H. The molecule has 2 aromatic rings. The van der Waals surface area contributed by atoms with Crippen molar-refractivity contribution in [1.29, 1.82) is 0 Å². The van der Waals surface area contributed by atoms with Crippen LogP contribution in [0.2, 0.25) is 0 Å². The van der Waals surface area contributed by atoms with Crippen molar-refractivity contribution in [2.24, 2.45) is 11.7 Å². The fourth-order valence-corrected chi connectivity index (χ4v) is 3.33. The maximum atomic E-state index is 13.0. The number of aromatic nitrogens is 2. The van der Waals surface area contributed by atoms with Gasteiger partial charge < -0.3 is 15.2 Å². The molecule has 3 rings (SSSR count). The predicted octanol–water partition coefficient (Wildman–Crippen LogP) is 2.46. The first-order chi connectivity index (χ1) is 11.5. The van der Waals surface area contributed by atoms with Crippen LogP contribution >= 0.6 is 12.4 Å². The first kappa shape index (κ1) is 19.4. The monoisotopic (exact) mass is 364 g/mol. The SMILES string of the molecule is Cc1nc(CC2CCCN(C(=O)C(C)(N)c3ccccc3)C2)no1.Cl. The second-order valence-electron chi connectivity index (χ2n) is 6.76. The highest BCUT2D eigenvalue weighted by Crippen LogP contribution is 2.25. The number of amides is 1. The van der Waals surface area contributed by atoms with Crippen molar-refractivity contribution in [3.63, 3.8) is 0 Å². The first-order valence-electron chi connectivity index (χ1n) is 8.40. The maximum Gasteiger partial charge on any atom is 0.246 e. The van der Waals surface area contributed by atoms with E-state index in [1.807, 2.05) is 35.2 Å². The van der Waals surface area contributed by atoms with Gasteiger partial charge in [-0.15, -0.1) is 12.4 Å². The summed E-state index contributed by atoms with van der Waals surface area (Å²) < 4.78 is 5.03. The third kappa shape index (κ3) is 4.38. The number of halogens is 1. The Bertz CT molecular complexity index is 702. The van der Waals surface area contributed by atoms with E-state index in [0.717, 1.165) is 31.4 Å². The summed E-state index contributed by atoms with van der Waals surface area (Å²) in [5, 5.41) is 3.96. The topological polar surface area (TPSA) is 85.2 Å². The number of carbonyl (C=O) groups excluding carboxylic acids is 1. The molecule has 0 spiro atoms. The van der Waals surface area contributed by atoms with Crippen LogP contribution in [0.1, 0.15) is 37.0 Å². The van der Waals surface area contributed by atoms with Crippen LogP contribution in [-0.4, -0.2) is 34.0 Å². The van der Waals surface area contributed by atoms with Crippen molar-refractivity contribution in [2.45, 2.75) is 38.6 Å². The molecule has 136 valence electrons. The van der Waals surface area contributed by atoms with Crippen molar-refractivity contribution in [3.05, 3.63) is 47.6 Å². The van der Waals surface area contributed by atoms with Gasteiger partial charge in [-0.3, -0.25) is 4.79 Å².